The van der Waals surface area contributed by atoms with Gasteiger partial charge in [-0.05, 0) is 130 Å². The van der Waals surface area contributed by atoms with Crippen molar-refractivity contribution in [1.29, 1.82) is 0 Å². The van der Waals surface area contributed by atoms with Crippen molar-refractivity contribution in [2.45, 2.75) is 56.8 Å². The largest absolute Gasteiger partial charge is 0.310 e. The van der Waals surface area contributed by atoms with Crippen LogP contribution in [0.1, 0.15) is 33.4 Å². The highest BCUT2D eigenvalue weighted by atomic mass is 28.3. The van der Waals surface area contributed by atoms with Gasteiger partial charge in [0.2, 0.25) is 0 Å². The van der Waals surface area contributed by atoms with Crippen LogP contribution in [0.4, 0.5) is 17.1 Å². The van der Waals surface area contributed by atoms with E-state index >= 15 is 0 Å². The van der Waals surface area contributed by atoms with Gasteiger partial charge in [-0.2, -0.15) is 0 Å². The Morgan fingerprint density at radius 2 is 0.851 bits per heavy atom. The Hall–Kier alpha value is -7.13. The smallest absolute Gasteiger partial charge is 0.0742 e. The van der Waals surface area contributed by atoms with Crippen LogP contribution in [0, 0.1) is 0 Å². The average molecular weight is 901 g/mol. The third-order valence-corrected chi connectivity index (χ3v) is 16.3. The van der Waals surface area contributed by atoms with Crippen LogP contribution in [-0.4, -0.2) is 30.7 Å². The fourth-order valence-electron chi connectivity index (χ4n) is 10.8. The average Bonchev–Trinajstić information content (AvgIpc) is 3.67. The maximum atomic E-state index is 5.01. The molecule has 11 rings (SSSR count). The second-order valence-corrected chi connectivity index (χ2v) is 31.7. The van der Waals surface area contributed by atoms with Gasteiger partial charge in [0.15, 0.2) is 0 Å². The lowest BCUT2D eigenvalue weighted by Crippen LogP contribution is -2.37. The maximum absolute atomic E-state index is 5.01. The molecule has 0 bridgehead atoms. The van der Waals surface area contributed by atoms with Gasteiger partial charge >= 0.3 is 0 Å². The highest BCUT2D eigenvalue weighted by Gasteiger charge is 2.46. The monoisotopic (exact) mass is 900 g/mol. The molecule has 0 N–H and O–H groups in total. The Bertz CT molecular complexity index is 3260. The number of pyridine rings is 2. The molecule has 0 amide bonds. The molecule has 7 aromatic carbocycles. The molecule has 3 aromatic heterocycles. The van der Waals surface area contributed by atoms with Crippen LogP contribution in [0.2, 0.25) is 39.3 Å². The first-order valence-electron chi connectivity index (χ1n) is 23.6. The summed E-state index contributed by atoms with van der Waals surface area (Å²) < 4.78 is 2.39. The predicted octanol–water partition coefficient (Wildman–Crippen LogP) is 15.9. The summed E-state index contributed by atoms with van der Waals surface area (Å²) in [7, 11) is -2.71. The summed E-state index contributed by atoms with van der Waals surface area (Å²) in [5, 5.41) is 2.52. The number of para-hydroxylation sites is 4. The fourth-order valence-corrected chi connectivity index (χ4v) is 13.7. The first-order valence-corrected chi connectivity index (χ1v) is 31.1. The van der Waals surface area contributed by atoms with Gasteiger partial charge in [-0.15, -0.1) is 0 Å². The van der Waals surface area contributed by atoms with Gasteiger partial charge < -0.3 is 9.47 Å². The molecule has 0 radical (unpaired) electrons. The highest BCUT2D eigenvalue weighted by Crippen LogP contribution is 2.58. The fraction of sp³-hybridized carbons (Fsp3) is 0.148. The number of anilines is 3. The highest BCUT2D eigenvalue weighted by molar-refractivity contribution is 6.75. The first-order chi connectivity index (χ1) is 32.4. The zero-order chi connectivity index (χ0) is 45.9. The van der Waals surface area contributed by atoms with E-state index in [1.165, 1.54) is 55.2 Å². The van der Waals surface area contributed by atoms with Crippen molar-refractivity contribution >= 4 is 55.0 Å². The first kappa shape index (κ1) is 42.5. The maximum Gasteiger partial charge on any atom is 0.0742 e. The van der Waals surface area contributed by atoms with Crippen molar-refractivity contribution in [3.8, 4) is 28.2 Å². The molecular weight excluding hydrogens is 845 g/mol. The van der Waals surface area contributed by atoms with Crippen LogP contribution in [0.25, 0.3) is 50.0 Å². The van der Waals surface area contributed by atoms with Crippen molar-refractivity contribution in [3.63, 3.8) is 0 Å². The molecule has 1 aliphatic rings. The molecule has 0 atom stereocenters. The molecule has 1 aliphatic heterocycles. The normalized spacial score (nSPS) is 13.4. The number of benzene rings is 7. The molecule has 0 aliphatic carbocycles. The molecule has 10 aromatic rings. The minimum atomic E-state index is -1.36. The lowest BCUT2D eigenvalue weighted by atomic mass is 9.62. The zero-order valence-corrected chi connectivity index (χ0v) is 41.3. The summed E-state index contributed by atoms with van der Waals surface area (Å²) in [4.78, 5) is 12.5. The Kier molecular flexibility index (Phi) is 10.6. The van der Waals surface area contributed by atoms with Crippen LogP contribution in [-0.2, 0) is 17.5 Å². The van der Waals surface area contributed by atoms with E-state index in [2.05, 4.69) is 243 Å². The van der Waals surface area contributed by atoms with Crippen molar-refractivity contribution in [1.82, 2.24) is 14.5 Å². The molecule has 6 heteroatoms. The number of hydrogen-bond donors (Lipinski definition) is 0. The van der Waals surface area contributed by atoms with Gasteiger partial charge in [0, 0.05) is 61.8 Å². The molecule has 0 spiro atoms. The number of aromatic nitrogens is 3. The molecule has 0 saturated carbocycles. The number of hydrogen-bond acceptors (Lipinski definition) is 3. The van der Waals surface area contributed by atoms with Gasteiger partial charge in [-0.25, -0.2) is 0 Å². The van der Waals surface area contributed by atoms with E-state index in [9.17, 15) is 0 Å². The van der Waals surface area contributed by atoms with E-state index in [-0.39, 0.29) is 0 Å². The zero-order valence-electron chi connectivity index (χ0n) is 39.3. The van der Waals surface area contributed by atoms with E-state index in [1.54, 1.807) is 0 Å². The van der Waals surface area contributed by atoms with E-state index < -0.39 is 21.6 Å². The molecule has 0 unspecified atom stereocenters. The second-order valence-electron chi connectivity index (χ2n) is 20.7. The summed E-state index contributed by atoms with van der Waals surface area (Å²) in [5.74, 6) is 0. The van der Waals surface area contributed by atoms with Crippen LogP contribution >= 0.6 is 0 Å². The Balaban J connectivity index is 1.12. The van der Waals surface area contributed by atoms with E-state index in [0.29, 0.717) is 0 Å². The molecule has 4 nitrogen and oxygen atoms in total. The van der Waals surface area contributed by atoms with Gasteiger partial charge in [0.05, 0.1) is 39.2 Å². The Morgan fingerprint density at radius 3 is 1.33 bits per heavy atom. The van der Waals surface area contributed by atoms with Crippen molar-refractivity contribution in [2.75, 3.05) is 4.90 Å². The van der Waals surface area contributed by atoms with Crippen molar-refractivity contribution < 1.29 is 0 Å². The van der Waals surface area contributed by atoms with E-state index in [1.807, 2.05) is 12.4 Å². The summed E-state index contributed by atoms with van der Waals surface area (Å²) in [5.41, 5.74) is 18.0. The molecule has 0 fully saturated rings. The SMILES string of the molecule is C[Si](C)(C)Cc1ccnc(-c2cccc(C3(c4cccc(-c5cc(C[Si](C)(C)C)ccn5)c4)c4ccccc4N(c4ccc(-n5c6ccccc6c6ccccc65)cc4)c4ccccc43)c2)c1. The number of nitrogens with zero attached hydrogens (tertiary/aromatic N) is 4. The Morgan fingerprint density at radius 1 is 0.418 bits per heavy atom. The van der Waals surface area contributed by atoms with Crippen LogP contribution in [0.5, 0.6) is 0 Å². The minimum Gasteiger partial charge on any atom is -0.310 e. The Labute approximate surface area is 397 Å². The van der Waals surface area contributed by atoms with Gasteiger partial charge in [-0.1, -0.05) is 148 Å². The van der Waals surface area contributed by atoms with Crippen molar-refractivity contribution in [2.24, 2.45) is 0 Å². The topological polar surface area (TPSA) is 34.0 Å². The quantitative estimate of drug-likeness (QED) is 0.128. The van der Waals surface area contributed by atoms with Crippen LogP contribution in [0.3, 0.4) is 0 Å². The van der Waals surface area contributed by atoms with Crippen LogP contribution < -0.4 is 4.90 Å². The van der Waals surface area contributed by atoms with E-state index in [0.717, 1.165) is 57.4 Å². The summed E-state index contributed by atoms with van der Waals surface area (Å²) >= 11 is 0. The van der Waals surface area contributed by atoms with E-state index in [4.69, 9.17) is 9.97 Å². The number of fused-ring (bicyclic) bond motifs is 5. The van der Waals surface area contributed by atoms with Gasteiger partial charge in [0.1, 0.15) is 0 Å². The lowest BCUT2D eigenvalue weighted by molar-refractivity contribution is 0.731. The van der Waals surface area contributed by atoms with Gasteiger partial charge in [-0.3, -0.25) is 9.97 Å². The molecule has 328 valence electrons. The third-order valence-electron chi connectivity index (χ3n) is 13.3. The third kappa shape index (κ3) is 7.74. The summed E-state index contributed by atoms with van der Waals surface area (Å²) in [6.45, 7) is 14.6. The van der Waals surface area contributed by atoms with Gasteiger partial charge in [0.25, 0.3) is 0 Å². The summed E-state index contributed by atoms with van der Waals surface area (Å²) in [6.07, 6.45) is 3.99. The second kappa shape index (κ2) is 16.6. The molecular formula is C61H56N4Si2. The lowest BCUT2D eigenvalue weighted by Gasteiger charge is -2.46. The molecule has 4 heterocycles. The standard InChI is InChI=1S/C61H56N4Si2/c1-66(2,3)41-43-33-35-62-55(37-43)45-17-15-19-47(39-45)61(48-20-16-18-46(40-48)56-38-44(34-36-63-56)42-67(4,5)6)53-23-9-13-27-59(53)65(60-28-14-10-24-54(60)61)50-31-29-49(30-32-50)64-57-25-11-7-21-51(57)52-22-8-12-26-58(52)64/h7-40H,41-42H2,1-6H3. The summed E-state index contributed by atoms with van der Waals surface area (Å²) in [6, 6.07) is 74.3. The van der Waals surface area contributed by atoms with Crippen LogP contribution in [0.15, 0.2) is 207 Å². The number of rotatable bonds is 10. The minimum absolute atomic E-state index is 0.704. The van der Waals surface area contributed by atoms with Crippen molar-refractivity contribution in [3.05, 3.63) is 240 Å². The predicted molar refractivity (Wildman–Crippen MR) is 288 cm³/mol. The molecule has 67 heavy (non-hydrogen) atoms. The molecule has 0 saturated heterocycles.